The molecule has 1 fully saturated rings. The van der Waals surface area contributed by atoms with E-state index in [2.05, 4.69) is 43.1 Å². The number of hydrogen-bond acceptors (Lipinski definition) is 3. The normalized spacial score (nSPS) is 17.4. The molecule has 106 valence electrons. The Morgan fingerprint density at radius 3 is 2.33 bits per heavy atom. The fourth-order valence-corrected chi connectivity index (χ4v) is 2.38. The SMILES string of the molecule is CC(C)CN(CCN(C)C)C(=O)C1CCNCC1. The largest absolute Gasteiger partial charge is 0.341 e. The van der Waals surface area contributed by atoms with Crippen molar-refractivity contribution in [3.8, 4) is 0 Å². The summed E-state index contributed by atoms with van der Waals surface area (Å²) in [6, 6.07) is 0. The summed E-state index contributed by atoms with van der Waals surface area (Å²) in [6.07, 6.45) is 1.99. The molecular weight excluding hydrogens is 226 g/mol. The van der Waals surface area contributed by atoms with Crippen LogP contribution in [-0.4, -0.2) is 62.5 Å². The Labute approximate surface area is 112 Å². The predicted molar refractivity (Wildman–Crippen MR) is 75.6 cm³/mol. The summed E-state index contributed by atoms with van der Waals surface area (Å²) in [5.74, 6) is 1.15. The topological polar surface area (TPSA) is 35.6 Å². The number of hydrogen-bond donors (Lipinski definition) is 1. The standard InChI is InChI=1S/C14H29N3O/c1-12(2)11-17(10-9-16(3)4)14(18)13-5-7-15-8-6-13/h12-13,15H,5-11H2,1-4H3. The molecule has 1 saturated heterocycles. The second kappa shape index (κ2) is 7.74. The second-order valence-corrected chi connectivity index (χ2v) is 6.01. The molecule has 1 aliphatic heterocycles. The number of nitrogens with one attached hydrogen (secondary N) is 1. The van der Waals surface area contributed by atoms with Gasteiger partial charge in [0.25, 0.3) is 0 Å². The first-order valence-corrected chi connectivity index (χ1v) is 7.15. The molecule has 1 N–H and O–H groups in total. The van der Waals surface area contributed by atoms with Crippen molar-refractivity contribution in [1.82, 2.24) is 15.1 Å². The molecule has 0 aliphatic carbocycles. The summed E-state index contributed by atoms with van der Waals surface area (Å²) in [4.78, 5) is 16.7. The van der Waals surface area contributed by atoms with Crippen LogP contribution in [0.5, 0.6) is 0 Å². The number of piperidine rings is 1. The van der Waals surface area contributed by atoms with Gasteiger partial charge in [-0.3, -0.25) is 4.79 Å². The van der Waals surface area contributed by atoms with Crippen LogP contribution >= 0.6 is 0 Å². The molecule has 4 nitrogen and oxygen atoms in total. The molecule has 0 radical (unpaired) electrons. The highest BCUT2D eigenvalue weighted by molar-refractivity contribution is 5.79. The van der Waals surface area contributed by atoms with Crippen LogP contribution in [0.25, 0.3) is 0 Å². The third-order valence-electron chi connectivity index (χ3n) is 3.40. The molecule has 0 spiro atoms. The Morgan fingerprint density at radius 2 is 1.83 bits per heavy atom. The first kappa shape index (κ1) is 15.4. The minimum Gasteiger partial charge on any atom is -0.341 e. The summed E-state index contributed by atoms with van der Waals surface area (Å²) in [7, 11) is 4.12. The van der Waals surface area contributed by atoms with Crippen molar-refractivity contribution >= 4 is 5.91 Å². The van der Waals surface area contributed by atoms with Gasteiger partial charge in [0, 0.05) is 25.6 Å². The van der Waals surface area contributed by atoms with Gasteiger partial charge in [-0.2, -0.15) is 0 Å². The van der Waals surface area contributed by atoms with Crippen molar-refractivity contribution in [1.29, 1.82) is 0 Å². The van der Waals surface area contributed by atoms with Crippen LogP contribution in [-0.2, 0) is 4.79 Å². The van der Waals surface area contributed by atoms with E-state index in [1.54, 1.807) is 0 Å². The van der Waals surface area contributed by atoms with Crippen LogP contribution in [0.15, 0.2) is 0 Å². The fraction of sp³-hybridized carbons (Fsp3) is 0.929. The lowest BCUT2D eigenvalue weighted by Crippen LogP contribution is -2.44. The van der Waals surface area contributed by atoms with Crippen LogP contribution < -0.4 is 5.32 Å². The number of amides is 1. The molecule has 0 saturated carbocycles. The number of likely N-dealkylation sites (N-methyl/N-ethyl adjacent to an activating group) is 1. The van der Waals surface area contributed by atoms with E-state index in [4.69, 9.17) is 0 Å². The lowest BCUT2D eigenvalue weighted by Gasteiger charge is -2.31. The third kappa shape index (κ3) is 5.36. The average Bonchev–Trinajstić information content (AvgIpc) is 2.34. The van der Waals surface area contributed by atoms with Crippen molar-refractivity contribution in [2.45, 2.75) is 26.7 Å². The molecule has 0 unspecified atom stereocenters. The molecule has 1 rings (SSSR count). The Kier molecular flexibility index (Phi) is 6.65. The highest BCUT2D eigenvalue weighted by atomic mass is 16.2. The van der Waals surface area contributed by atoms with E-state index in [0.29, 0.717) is 11.8 Å². The molecule has 4 heteroatoms. The smallest absolute Gasteiger partial charge is 0.225 e. The van der Waals surface area contributed by atoms with E-state index < -0.39 is 0 Å². The van der Waals surface area contributed by atoms with Gasteiger partial charge in [-0.1, -0.05) is 13.8 Å². The molecule has 0 bridgehead atoms. The number of carbonyl (C=O) groups is 1. The molecule has 1 amide bonds. The van der Waals surface area contributed by atoms with Crippen LogP contribution in [0.4, 0.5) is 0 Å². The lowest BCUT2D eigenvalue weighted by molar-refractivity contribution is -0.137. The van der Waals surface area contributed by atoms with Gasteiger partial charge in [0.15, 0.2) is 0 Å². The van der Waals surface area contributed by atoms with Crippen LogP contribution in [0.3, 0.4) is 0 Å². The van der Waals surface area contributed by atoms with Crippen molar-refractivity contribution < 1.29 is 4.79 Å². The zero-order valence-corrected chi connectivity index (χ0v) is 12.4. The van der Waals surface area contributed by atoms with Crippen molar-refractivity contribution in [3.05, 3.63) is 0 Å². The highest BCUT2D eigenvalue weighted by Crippen LogP contribution is 2.16. The Hall–Kier alpha value is -0.610. The molecule has 18 heavy (non-hydrogen) atoms. The first-order valence-electron chi connectivity index (χ1n) is 7.15. The van der Waals surface area contributed by atoms with Crippen molar-refractivity contribution in [2.24, 2.45) is 11.8 Å². The third-order valence-corrected chi connectivity index (χ3v) is 3.40. The molecular formula is C14H29N3O. The van der Waals surface area contributed by atoms with E-state index in [1.165, 1.54) is 0 Å². The predicted octanol–water partition coefficient (Wildman–Crippen LogP) is 1.03. The maximum Gasteiger partial charge on any atom is 0.225 e. The van der Waals surface area contributed by atoms with Crippen LogP contribution in [0, 0.1) is 11.8 Å². The summed E-state index contributed by atoms with van der Waals surface area (Å²) in [5.41, 5.74) is 0. The molecule has 0 atom stereocenters. The average molecular weight is 255 g/mol. The molecule has 1 aliphatic rings. The van der Waals surface area contributed by atoms with Gasteiger partial charge < -0.3 is 15.1 Å². The van der Waals surface area contributed by atoms with Gasteiger partial charge in [-0.15, -0.1) is 0 Å². The molecule has 0 aromatic heterocycles. The minimum atomic E-state index is 0.243. The number of nitrogens with zero attached hydrogens (tertiary/aromatic N) is 2. The summed E-state index contributed by atoms with van der Waals surface area (Å²) in [6.45, 7) is 9.02. The summed E-state index contributed by atoms with van der Waals surface area (Å²) >= 11 is 0. The molecule has 0 aromatic carbocycles. The lowest BCUT2D eigenvalue weighted by atomic mass is 9.96. The van der Waals surface area contributed by atoms with E-state index >= 15 is 0 Å². The van der Waals surface area contributed by atoms with Crippen LogP contribution in [0.1, 0.15) is 26.7 Å². The van der Waals surface area contributed by atoms with Crippen LogP contribution in [0.2, 0.25) is 0 Å². The van der Waals surface area contributed by atoms with E-state index in [0.717, 1.165) is 45.6 Å². The fourth-order valence-electron chi connectivity index (χ4n) is 2.38. The van der Waals surface area contributed by atoms with Gasteiger partial charge in [-0.25, -0.2) is 0 Å². The number of rotatable bonds is 6. The Bertz CT molecular complexity index is 247. The maximum atomic E-state index is 12.5. The zero-order chi connectivity index (χ0) is 13.5. The van der Waals surface area contributed by atoms with Crippen molar-refractivity contribution in [3.63, 3.8) is 0 Å². The van der Waals surface area contributed by atoms with Gasteiger partial charge >= 0.3 is 0 Å². The van der Waals surface area contributed by atoms with E-state index in [1.807, 2.05) is 0 Å². The van der Waals surface area contributed by atoms with Gasteiger partial charge in [0.05, 0.1) is 0 Å². The van der Waals surface area contributed by atoms with Gasteiger partial charge in [-0.05, 0) is 45.9 Å². The maximum absolute atomic E-state index is 12.5. The first-order chi connectivity index (χ1) is 8.50. The zero-order valence-electron chi connectivity index (χ0n) is 12.4. The Morgan fingerprint density at radius 1 is 1.22 bits per heavy atom. The monoisotopic (exact) mass is 255 g/mol. The van der Waals surface area contributed by atoms with Gasteiger partial charge in [0.1, 0.15) is 0 Å². The van der Waals surface area contributed by atoms with Gasteiger partial charge in [0.2, 0.25) is 5.91 Å². The van der Waals surface area contributed by atoms with Crippen molar-refractivity contribution in [2.75, 3.05) is 46.8 Å². The summed E-state index contributed by atoms with van der Waals surface area (Å²) < 4.78 is 0. The number of carbonyl (C=O) groups excluding carboxylic acids is 1. The molecule has 0 aromatic rings. The summed E-state index contributed by atoms with van der Waals surface area (Å²) in [5, 5.41) is 3.32. The Balaban J connectivity index is 2.53. The quantitative estimate of drug-likeness (QED) is 0.770. The minimum absolute atomic E-state index is 0.243. The van der Waals surface area contributed by atoms with E-state index in [-0.39, 0.29) is 5.92 Å². The highest BCUT2D eigenvalue weighted by Gasteiger charge is 2.26. The second-order valence-electron chi connectivity index (χ2n) is 6.01. The molecule has 1 heterocycles. The van der Waals surface area contributed by atoms with E-state index in [9.17, 15) is 4.79 Å².